The number of benzene rings is 2. The van der Waals surface area contributed by atoms with Crippen LogP contribution in [0.1, 0.15) is 31.2 Å². The van der Waals surface area contributed by atoms with Crippen molar-refractivity contribution in [2.75, 3.05) is 6.61 Å². The minimum atomic E-state index is -0.264. The van der Waals surface area contributed by atoms with E-state index in [0.717, 1.165) is 42.0 Å². The van der Waals surface area contributed by atoms with Gasteiger partial charge < -0.3 is 5.32 Å². The normalized spacial score (nSPS) is 14.7. The van der Waals surface area contributed by atoms with Crippen LogP contribution >= 0.6 is 0 Å². The molecular formula is C19H22N2O3. The van der Waals surface area contributed by atoms with Crippen molar-refractivity contribution in [1.29, 1.82) is 0 Å². The number of carbonyl (C=O) groups is 2. The van der Waals surface area contributed by atoms with Gasteiger partial charge in [-0.05, 0) is 29.2 Å². The van der Waals surface area contributed by atoms with E-state index in [-0.39, 0.29) is 30.9 Å². The molecule has 2 amide bonds. The molecule has 0 aliphatic heterocycles. The van der Waals surface area contributed by atoms with E-state index in [2.05, 4.69) is 10.8 Å². The maximum Gasteiger partial charge on any atom is 0.248 e. The summed E-state index contributed by atoms with van der Waals surface area (Å²) in [6, 6.07) is 14.1. The molecule has 0 aromatic heterocycles. The van der Waals surface area contributed by atoms with E-state index in [0.29, 0.717) is 0 Å². The molecule has 5 nitrogen and oxygen atoms in total. The van der Waals surface area contributed by atoms with Crippen LogP contribution in [0.4, 0.5) is 0 Å². The van der Waals surface area contributed by atoms with E-state index in [1.807, 2.05) is 42.5 Å². The number of nitrogens with one attached hydrogen (secondary N) is 2. The highest BCUT2D eigenvalue weighted by molar-refractivity contribution is 5.90. The summed E-state index contributed by atoms with van der Waals surface area (Å²) >= 11 is 0. The Kier molecular flexibility index (Phi) is 5.43. The van der Waals surface area contributed by atoms with E-state index < -0.39 is 0 Å². The third-order valence-electron chi connectivity index (χ3n) is 4.34. The van der Waals surface area contributed by atoms with Gasteiger partial charge in [0.25, 0.3) is 0 Å². The average Bonchev–Trinajstić information content (AvgIpc) is 3.08. The van der Waals surface area contributed by atoms with Crippen LogP contribution in [-0.2, 0) is 20.8 Å². The zero-order valence-electron chi connectivity index (χ0n) is 13.6. The third kappa shape index (κ3) is 4.32. The SMILES string of the molecule is O=C(Cc1cccc2ccccc12)NOCC(=O)NC1CCCC1. The van der Waals surface area contributed by atoms with Crippen molar-refractivity contribution in [3.8, 4) is 0 Å². The Morgan fingerprint density at radius 3 is 2.58 bits per heavy atom. The van der Waals surface area contributed by atoms with Crippen LogP contribution in [0.5, 0.6) is 0 Å². The van der Waals surface area contributed by atoms with Gasteiger partial charge in [0, 0.05) is 6.04 Å². The summed E-state index contributed by atoms with van der Waals surface area (Å²) < 4.78 is 0. The number of hydrogen-bond donors (Lipinski definition) is 2. The molecule has 1 fully saturated rings. The molecule has 0 saturated heterocycles. The van der Waals surface area contributed by atoms with Crippen molar-refractivity contribution in [3.05, 3.63) is 48.0 Å². The summed E-state index contributed by atoms with van der Waals surface area (Å²) in [7, 11) is 0. The van der Waals surface area contributed by atoms with Crippen LogP contribution in [-0.4, -0.2) is 24.5 Å². The maximum absolute atomic E-state index is 12.0. The molecule has 126 valence electrons. The molecule has 5 heteroatoms. The lowest BCUT2D eigenvalue weighted by molar-refractivity contribution is -0.138. The van der Waals surface area contributed by atoms with Crippen LogP contribution in [0.15, 0.2) is 42.5 Å². The van der Waals surface area contributed by atoms with E-state index >= 15 is 0 Å². The molecule has 3 rings (SSSR count). The molecule has 24 heavy (non-hydrogen) atoms. The number of hydrogen-bond acceptors (Lipinski definition) is 3. The van der Waals surface area contributed by atoms with Gasteiger partial charge in [0.2, 0.25) is 11.8 Å². The zero-order valence-corrected chi connectivity index (χ0v) is 13.6. The third-order valence-corrected chi connectivity index (χ3v) is 4.34. The molecule has 2 aromatic rings. The highest BCUT2D eigenvalue weighted by atomic mass is 16.7. The lowest BCUT2D eigenvalue weighted by atomic mass is 10.0. The predicted octanol–water partition coefficient (Wildman–Crippen LogP) is 2.49. The molecule has 0 radical (unpaired) electrons. The van der Waals surface area contributed by atoms with Crippen LogP contribution < -0.4 is 10.8 Å². The molecule has 0 atom stereocenters. The first-order valence-electron chi connectivity index (χ1n) is 8.39. The molecule has 0 spiro atoms. The van der Waals surface area contributed by atoms with Crippen molar-refractivity contribution in [2.45, 2.75) is 38.1 Å². The van der Waals surface area contributed by atoms with Crippen molar-refractivity contribution in [2.24, 2.45) is 0 Å². The molecule has 2 N–H and O–H groups in total. The molecule has 0 unspecified atom stereocenters. The quantitative estimate of drug-likeness (QED) is 0.802. The number of carbonyl (C=O) groups excluding carboxylic acids is 2. The van der Waals surface area contributed by atoms with Crippen molar-refractivity contribution in [3.63, 3.8) is 0 Å². The van der Waals surface area contributed by atoms with Gasteiger partial charge >= 0.3 is 0 Å². The topological polar surface area (TPSA) is 67.4 Å². The molecular weight excluding hydrogens is 304 g/mol. The Balaban J connectivity index is 1.46. The smallest absolute Gasteiger partial charge is 0.248 e. The van der Waals surface area contributed by atoms with Gasteiger partial charge in [-0.25, -0.2) is 5.48 Å². The van der Waals surface area contributed by atoms with Crippen molar-refractivity contribution < 1.29 is 14.4 Å². The molecule has 1 saturated carbocycles. The Morgan fingerprint density at radius 1 is 1.00 bits per heavy atom. The van der Waals surface area contributed by atoms with Gasteiger partial charge in [0.1, 0.15) is 0 Å². The van der Waals surface area contributed by atoms with Gasteiger partial charge in [0.15, 0.2) is 6.61 Å². The maximum atomic E-state index is 12.0. The van der Waals surface area contributed by atoms with Crippen molar-refractivity contribution >= 4 is 22.6 Å². The summed E-state index contributed by atoms with van der Waals surface area (Å²) in [6.45, 7) is -0.155. The minimum absolute atomic E-state index is 0.155. The van der Waals surface area contributed by atoms with Crippen LogP contribution in [0, 0.1) is 0 Å². The van der Waals surface area contributed by atoms with Crippen LogP contribution in [0.3, 0.4) is 0 Å². The monoisotopic (exact) mass is 326 g/mol. The molecule has 1 aliphatic carbocycles. The summed E-state index contributed by atoms with van der Waals surface area (Å²) in [5.74, 6) is -0.451. The fourth-order valence-corrected chi connectivity index (χ4v) is 3.18. The van der Waals surface area contributed by atoms with Gasteiger partial charge in [-0.2, -0.15) is 0 Å². The van der Waals surface area contributed by atoms with Crippen LogP contribution in [0.25, 0.3) is 10.8 Å². The van der Waals surface area contributed by atoms with E-state index in [9.17, 15) is 9.59 Å². The van der Waals surface area contributed by atoms with Gasteiger partial charge in [-0.15, -0.1) is 0 Å². The molecule has 2 aromatic carbocycles. The minimum Gasteiger partial charge on any atom is -0.351 e. The molecule has 0 bridgehead atoms. The first-order valence-corrected chi connectivity index (χ1v) is 8.39. The number of amides is 2. The largest absolute Gasteiger partial charge is 0.351 e. The Hall–Kier alpha value is -2.40. The second-order valence-corrected chi connectivity index (χ2v) is 6.18. The van der Waals surface area contributed by atoms with Crippen molar-refractivity contribution in [1.82, 2.24) is 10.8 Å². The summed E-state index contributed by atoms with van der Waals surface area (Å²) in [6.07, 6.45) is 4.59. The second kappa shape index (κ2) is 7.93. The summed E-state index contributed by atoms with van der Waals surface area (Å²) in [4.78, 5) is 28.8. The Labute approximate surface area is 141 Å². The highest BCUT2D eigenvalue weighted by Gasteiger charge is 2.17. The Bertz CT molecular complexity index is 718. The standard InChI is InChI=1S/C19H22N2O3/c22-18(21-24-13-19(23)20-16-9-2-3-10-16)12-15-8-5-7-14-6-1-4-11-17(14)15/h1,4-8,11,16H,2-3,9-10,12-13H2,(H,20,23)(H,21,22). The fraction of sp³-hybridized carbons (Fsp3) is 0.368. The van der Waals surface area contributed by atoms with E-state index in [1.165, 1.54) is 0 Å². The predicted molar refractivity (Wildman–Crippen MR) is 92.1 cm³/mol. The number of fused-ring (bicyclic) bond motifs is 1. The zero-order chi connectivity index (χ0) is 16.8. The van der Waals surface area contributed by atoms with Crippen LogP contribution in [0.2, 0.25) is 0 Å². The lowest BCUT2D eigenvalue weighted by Crippen LogP contribution is -2.38. The summed E-state index contributed by atoms with van der Waals surface area (Å²) in [5, 5.41) is 5.06. The molecule has 0 heterocycles. The fourth-order valence-electron chi connectivity index (χ4n) is 3.18. The molecule has 1 aliphatic rings. The first-order chi connectivity index (χ1) is 11.7. The van der Waals surface area contributed by atoms with E-state index in [1.54, 1.807) is 0 Å². The highest BCUT2D eigenvalue weighted by Crippen LogP contribution is 2.19. The second-order valence-electron chi connectivity index (χ2n) is 6.18. The van der Waals surface area contributed by atoms with E-state index in [4.69, 9.17) is 4.84 Å². The Morgan fingerprint density at radius 2 is 1.75 bits per heavy atom. The van der Waals surface area contributed by atoms with Gasteiger partial charge in [0.05, 0.1) is 6.42 Å². The summed E-state index contributed by atoms with van der Waals surface area (Å²) in [5.41, 5.74) is 3.29. The van der Waals surface area contributed by atoms with Gasteiger partial charge in [-0.1, -0.05) is 55.3 Å². The van der Waals surface area contributed by atoms with Gasteiger partial charge in [-0.3, -0.25) is 14.4 Å². The number of hydroxylamine groups is 1. The number of rotatable bonds is 6. The lowest BCUT2D eigenvalue weighted by Gasteiger charge is -2.12. The first kappa shape index (κ1) is 16.5. The average molecular weight is 326 g/mol.